The van der Waals surface area contributed by atoms with Crippen LogP contribution in [0.15, 0.2) is 28.7 Å². The molecule has 2 rings (SSSR count). The first-order chi connectivity index (χ1) is 7.16. The third-order valence-electron chi connectivity index (χ3n) is 2.66. The summed E-state index contributed by atoms with van der Waals surface area (Å²) in [6, 6.07) is 7.85. The van der Waals surface area contributed by atoms with E-state index in [1.54, 1.807) is 0 Å². The summed E-state index contributed by atoms with van der Waals surface area (Å²) in [6.07, 6.45) is 1.29. The van der Waals surface area contributed by atoms with Gasteiger partial charge in [0.1, 0.15) is 0 Å². The molecule has 15 heavy (non-hydrogen) atoms. The first-order valence-electron chi connectivity index (χ1n) is 4.97. The van der Waals surface area contributed by atoms with Crippen LogP contribution < -0.4 is 11.1 Å². The Labute approximate surface area is 97.2 Å². The van der Waals surface area contributed by atoms with Gasteiger partial charge in [-0.25, -0.2) is 0 Å². The van der Waals surface area contributed by atoms with Gasteiger partial charge in [-0.3, -0.25) is 4.79 Å². The molecule has 0 radical (unpaired) electrons. The van der Waals surface area contributed by atoms with Gasteiger partial charge in [-0.2, -0.15) is 0 Å². The van der Waals surface area contributed by atoms with Crippen molar-refractivity contribution in [2.75, 3.05) is 0 Å². The number of rotatable bonds is 1. The molecule has 1 amide bonds. The standard InChI is InChI=1S/C11H13BrN2O/c12-8-3-1-2-7(6-8)11-9(13)4-5-10(15)14-11/h1-3,6,9,11H,4-5,13H2,(H,14,15). The Balaban J connectivity index is 2.24. The molecule has 0 aromatic heterocycles. The average Bonchev–Trinajstić information content (AvgIpc) is 2.22. The van der Waals surface area contributed by atoms with E-state index in [0.717, 1.165) is 16.5 Å². The summed E-state index contributed by atoms with van der Waals surface area (Å²) >= 11 is 3.41. The largest absolute Gasteiger partial charge is 0.348 e. The van der Waals surface area contributed by atoms with Crippen LogP contribution in [0.25, 0.3) is 0 Å². The lowest BCUT2D eigenvalue weighted by molar-refractivity contribution is -0.123. The van der Waals surface area contributed by atoms with E-state index < -0.39 is 0 Å². The summed E-state index contributed by atoms with van der Waals surface area (Å²) in [4.78, 5) is 11.3. The van der Waals surface area contributed by atoms with Gasteiger partial charge in [0.2, 0.25) is 5.91 Å². The Bertz CT molecular complexity index is 381. The molecule has 3 N–H and O–H groups in total. The van der Waals surface area contributed by atoms with Gasteiger partial charge in [-0.1, -0.05) is 28.1 Å². The van der Waals surface area contributed by atoms with Crippen LogP contribution >= 0.6 is 15.9 Å². The van der Waals surface area contributed by atoms with Gasteiger partial charge in [0.05, 0.1) is 6.04 Å². The quantitative estimate of drug-likeness (QED) is 0.815. The number of halogens is 1. The summed E-state index contributed by atoms with van der Waals surface area (Å²) in [6.45, 7) is 0. The maximum absolute atomic E-state index is 11.3. The molecule has 80 valence electrons. The molecule has 1 aromatic carbocycles. The Kier molecular flexibility index (Phi) is 3.07. The minimum absolute atomic E-state index is 0.0111. The van der Waals surface area contributed by atoms with Crippen LogP contribution in [0.2, 0.25) is 0 Å². The number of benzene rings is 1. The fourth-order valence-electron chi connectivity index (χ4n) is 1.85. The number of carbonyl (C=O) groups excluding carboxylic acids is 1. The lowest BCUT2D eigenvalue weighted by Crippen LogP contribution is -2.45. The molecule has 0 saturated carbocycles. The highest BCUT2D eigenvalue weighted by Crippen LogP contribution is 2.24. The lowest BCUT2D eigenvalue weighted by atomic mass is 9.93. The van der Waals surface area contributed by atoms with Crippen molar-refractivity contribution < 1.29 is 4.79 Å². The van der Waals surface area contributed by atoms with Crippen molar-refractivity contribution in [1.29, 1.82) is 0 Å². The molecule has 1 aromatic rings. The van der Waals surface area contributed by atoms with Gasteiger partial charge in [-0.15, -0.1) is 0 Å². The Hall–Kier alpha value is -0.870. The molecule has 0 bridgehead atoms. The summed E-state index contributed by atoms with van der Waals surface area (Å²) in [5.74, 6) is 0.0849. The molecule has 3 nitrogen and oxygen atoms in total. The zero-order chi connectivity index (χ0) is 10.8. The molecule has 0 spiro atoms. The van der Waals surface area contributed by atoms with E-state index in [0.29, 0.717) is 6.42 Å². The molecule has 2 atom stereocenters. The molecule has 2 unspecified atom stereocenters. The van der Waals surface area contributed by atoms with Crippen molar-refractivity contribution in [1.82, 2.24) is 5.32 Å². The van der Waals surface area contributed by atoms with Crippen LogP contribution in [0.4, 0.5) is 0 Å². The van der Waals surface area contributed by atoms with Crippen molar-refractivity contribution in [3.05, 3.63) is 34.3 Å². The molecular formula is C11H13BrN2O. The third kappa shape index (κ3) is 2.38. The van der Waals surface area contributed by atoms with Gasteiger partial charge in [-0.05, 0) is 24.1 Å². The summed E-state index contributed by atoms with van der Waals surface area (Å²) in [5, 5.41) is 2.92. The van der Waals surface area contributed by atoms with Crippen LogP contribution in [-0.4, -0.2) is 11.9 Å². The van der Waals surface area contributed by atoms with E-state index >= 15 is 0 Å². The van der Waals surface area contributed by atoms with Gasteiger partial charge >= 0.3 is 0 Å². The minimum atomic E-state index is -0.0521. The van der Waals surface area contributed by atoms with E-state index in [1.165, 1.54) is 0 Å². The zero-order valence-corrected chi connectivity index (χ0v) is 9.83. The summed E-state index contributed by atoms with van der Waals surface area (Å²) in [7, 11) is 0. The molecule has 1 aliphatic rings. The number of carbonyl (C=O) groups is 1. The molecule has 1 saturated heterocycles. The molecule has 4 heteroatoms. The number of nitrogens with two attached hydrogens (primary N) is 1. The Morgan fingerprint density at radius 2 is 2.27 bits per heavy atom. The summed E-state index contributed by atoms with van der Waals surface area (Å²) in [5.41, 5.74) is 7.05. The number of hydrogen-bond acceptors (Lipinski definition) is 2. The van der Waals surface area contributed by atoms with E-state index in [1.807, 2.05) is 24.3 Å². The van der Waals surface area contributed by atoms with Crippen molar-refractivity contribution in [2.45, 2.75) is 24.9 Å². The highest BCUT2D eigenvalue weighted by molar-refractivity contribution is 9.10. The van der Waals surface area contributed by atoms with Gasteiger partial charge in [0.25, 0.3) is 0 Å². The molecular weight excluding hydrogens is 256 g/mol. The first kappa shape index (κ1) is 10.6. The predicted octanol–water partition coefficient (Wildman–Crippen LogP) is 1.73. The lowest BCUT2D eigenvalue weighted by Gasteiger charge is -2.29. The maximum Gasteiger partial charge on any atom is 0.220 e. The SMILES string of the molecule is NC1CCC(=O)NC1c1cccc(Br)c1. The summed E-state index contributed by atoms with van der Waals surface area (Å²) < 4.78 is 1.01. The van der Waals surface area contributed by atoms with Crippen molar-refractivity contribution in [3.8, 4) is 0 Å². The van der Waals surface area contributed by atoms with E-state index in [-0.39, 0.29) is 18.0 Å². The van der Waals surface area contributed by atoms with E-state index in [9.17, 15) is 4.79 Å². The van der Waals surface area contributed by atoms with Crippen LogP contribution in [-0.2, 0) is 4.79 Å². The van der Waals surface area contributed by atoms with Crippen LogP contribution in [0.3, 0.4) is 0 Å². The van der Waals surface area contributed by atoms with Crippen molar-refractivity contribution in [3.63, 3.8) is 0 Å². The second kappa shape index (κ2) is 4.33. The zero-order valence-electron chi connectivity index (χ0n) is 8.24. The third-order valence-corrected chi connectivity index (χ3v) is 3.15. The number of nitrogens with one attached hydrogen (secondary N) is 1. The maximum atomic E-state index is 11.3. The van der Waals surface area contributed by atoms with E-state index in [2.05, 4.69) is 21.2 Å². The normalized spacial score (nSPS) is 26.1. The smallest absolute Gasteiger partial charge is 0.220 e. The van der Waals surface area contributed by atoms with Crippen LogP contribution in [0.1, 0.15) is 24.4 Å². The second-order valence-corrected chi connectivity index (χ2v) is 4.72. The number of piperidine rings is 1. The van der Waals surface area contributed by atoms with Crippen LogP contribution in [0.5, 0.6) is 0 Å². The molecule has 1 aliphatic heterocycles. The Morgan fingerprint density at radius 1 is 1.47 bits per heavy atom. The fraction of sp³-hybridized carbons (Fsp3) is 0.364. The topological polar surface area (TPSA) is 55.1 Å². The highest BCUT2D eigenvalue weighted by atomic mass is 79.9. The number of amides is 1. The van der Waals surface area contributed by atoms with Crippen molar-refractivity contribution in [2.24, 2.45) is 5.73 Å². The molecule has 1 heterocycles. The first-order valence-corrected chi connectivity index (χ1v) is 5.76. The van der Waals surface area contributed by atoms with Gasteiger partial charge < -0.3 is 11.1 Å². The van der Waals surface area contributed by atoms with Gasteiger partial charge in [0.15, 0.2) is 0 Å². The monoisotopic (exact) mass is 268 g/mol. The Morgan fingerprint density at radius 3 is 3.00 bits per heavy atom. The average molecular weight is 269 g/mol. The molecule has 0 aliphatic carbocycles. The minimum Gasteiger partial charge on any atom is -0.348 e. The fourth-order valence-corrected chi connectivity index (χ4v) is 2.26. The second-order valence-electron chi connectivity index (χ2n) is 3.80. The van der Waals surface area contributed by atoms with Crippen molar-refractivity contribution >= 4 is 21.8 Å². The predicted molar refractivity (Wildman–Crippen MR) is 62.2 cm³/mol. The highest BCUT2D eigenvalue weighted by Gasteiger charge is 2.26. The van der Waals surface area contributed by atoms with Gasteiger partial charge in [0, 0.05) is 16.9 Å². The van der Waals surface area contributed by atoms with Crippen LogP contribution in [0, 0.1) is 0 Å². The number of hydrogen-bond donors (Lipinski definition) is 2. The molecule has 1 fully saturated rings. The van der Waals surface area contributed by atoms with E-state index in [4.69, 9.17) is 5.73 Å².